The Balaban J connectivity index is 1.50. The first kappa shape index (κ1) is 20.6. The van der Waals surface area contributed by atoms with Crippen LogP contribution in [0.2, 0.25) is 10.0 Å². The summed E-state index contributed by atoms with van der Waals surface area (Å²) in [5.41, 5.74) is 3.15. The number of anilines is 1. The van der Waals surface area contributed by atoms with Gasteiger partial charge in [-0.1, -0.05) is 53.0 Å². The molecule has 2 aromatic carbocycles. The van der Waals surface area contributed by atoms with Gasteiger partial charge in [-0.25, -0.2) is 4.98 Å². The number of aryl methyl sites for hydroxylation is 2. The summed E-state index contributed by atoms with van der Waals surface area (Å²) in [6.07, 6.45) is 0.906. The molecule has 0 aliphatic rings. The van der Waals surface area contributed by atoms with Crippen LogP contribution in [0.15, 0.2) is 42.5 Å². The van der Waals surface area contributed by atoms with Crippen LogP contribution in [-0.4, -0.2) is 17.5 Å². The highest BCUT2D eigenvalue weighted by atomic mass is 35.5. The second-order valence-corrected chi connectivity index (χ2v) is 8.41. The molecule has 0 spiro atoms. The van der Waals surface area contributed by atoms with Gasteiger partial charge in [0.1, 0.15) is 5.75 Å². The zero-order valence-corrected chi connectivity index (χ0v) is 17.9. The Hall–Kier alpha value is -2.08. The third-order valence-corrected chi connectivity index (χ3v) is 5.48. The summed E-state index contributed by atoms with van der Waals surface area (Å²) >= 11 is 13.4. The lowest BCUT2D eigenvalue weighted by atomic mass is 10.1. The van der Waals surface area contributed by atoms with Gasteiger partial charge in [0, 0.05) is 21.9 Å². The number of nitrogens with one attached hydrogen (secondary N) is 1. The molecule has 28 heavy (non-hydrogen) atoms. The predicted octanol–water partition coefficient (Wildman–Crippen LogP) is 6.53. The largest absolute Gasteiger partial charge is 0.492 e. The molecule has 0 bridgehead atoms. The van der Waals surface area contributed by atoms with Crippen molar-refractivity contribution >= 4 is 45.6 Å². The first-order valence-corrected chi connectivity index (χ1v) is 10.4. The summed E-state index contributed by atoms with van der Waals surface area (Å²) in [6, 6.07) is 13.3. The predicted molar refractivity (Wildman–Crippen MR) is 117 cm³/mol. The van der Waals surface area contributed by atoms with E-state index in [1.54, 1.807) is 18.2 Å². The van der Waals surface area contributed by atoms with Crippen molar-refractivity contribution in [2.45, 2.75) is 26.7 Å². The van der Waals surface area contributed by atoms with Gasteiger partial charge in [-0.3, -0.25) is 4.79 Å². The fourth-order valence-electron chi connectivity index (χ4n) is 2.62. The van der Waals surface area contributed by atoms with Gasteiger partial charge in [-0.15, -0.1) is 11.3 Å². The molecule has 0 radical (unpaired) electrons. The number of nitrogens with zero attached hydrogens (tertiary/aromatic N) is 1. The van der Waals surface area contributed by atoms with Gasteiger partial charge in [-0.2, -0.15) is 0 Å². The fourth-order valence-corrected chi connectivity index (χ4v) is 3.93. The molecule has 3 aromatic rings. The van der Waals surface area contributed by atoms with Gasteiger partial charge < -0.3 is 10.1 Å². The monoisotopic (exact) mass is 434 g/mol. The average Bonchev–Trinajstić information content (AvgIpc) is 3.01. The van der Waals surface area contributed by atoms with Crippen molar-refractivity contribution in [1.82, 2.24) is 4.98 Å². The second-order valence-electron chi connectivity index (χ2n) is 6.36. The van der Waals surface area contributed by atoms with Gasteiger partial charge in [0.15, 0.2) is 5.13 Å². The molecule has 0 saturated heterocycles. The number of benzene rings is 2. The zero-order chi connectivity index (χ0) is 20.1. The molecular formula is C21H20Cl2N2O2S. The van der Waals surface area contributed by atoms with Crippen LogP contribution in [0.25, 0.3) is 11.3 Å². The van der Waals surface area contributed by atoms with E-state index in [9.17, 15) is 4.79 Å². The molecule has 1 heterocycles. The molecule has 1 aromatic heterocycles. The van der Waals surface area contributed by atoms with Crippen molar-refractivity contribution in [3.63, 3.8) is 0 Å². The van der Waals surface area contributed by atoms with Crippen molar-refractivity contribution in [3.8, 4) is 17.0 Å². The molecule has 3 rings (SSSR count). The van der Waals surface area contributed by atoms with Crippen molar-refractivity contribution in [2.75, 3.05) is 11.9 Å². The number of aromatic nitrogens is 1. The molecule has 0 saturated carbocycles. The Bertz CT molecular complexity index is 971. The molecule has 1 N–H and O–H groups in total. The van der Waals surface area contributed by atoms with Gasteiger partial charge in [0.05, 0.1) is 17.3 Å². The molecule has 0 aliphatic heterocycles. The minimum atomic E-state index is -0.0880. The lowest BCUT2D eigenvalue weighted by molar-refractivity contribution is -0.116. The van der Waals surface area contributed by atoms with Crippen LogP contribution < -0.4 is 10.1 Å². The lowest BCUT2D eigenvalue weighted by Gasteiger charge is -2.08. The molecule has 0 aliphatic carbocycles. The van der Waals surface area contributed by atoms with E-state index in [1.165, 1.54) is 16.9 Å². The van der Waals surface area contributed by atoms with Crippen LogP contribution in [0.4, 0.5) is 5.13 Å². The van der Waals surface area contributed by atoms with E-state index in [-0.39, 0.29) is 5.91 Å². The average molecular weight is 435 g/mol. The maximum absolute atomic E-state index is 12.2. The van der Waals surface area contributed by atoms with Gasteiger partial charge in [0.2, 0.25) is 5.91 Å². The summed E-state index contributed by atoms with van der Waals surface area (Å²) < 4.78 is 5.60. The number of hydrogen-bond acceptors (Lipinski definition) is 4. The topological polar surface area (TPSA) is 51.2 Å². The summed E-state index contributed by atoms with van der Waals surface area (Å²) in [4.78, 5) is 17.8. The SMILES string of the molecule is Cc1ccc(-c2nc(NC(=O)CCCOc3ccc(Cl)cc3Cl)sc2C)cc1. The second kappa shape index (κ2) is 9.41. The lowest BCUT2D eigenvalue weighted by Crippen LogP contribution is -2.12. The Labute approximate surface area is 178 Å². The summed E-state index contributed by atoms with van der Waals surface area (Å²) in [5, 5.41) is 4.50. The Morgan fingerprint density at radius 1 is 1.14 bits per heavy atom. The van der Waals surface area contributed by atoms with Crippen LogP contribution in [-0.2, 0) is 4.79 Å². The van der Waals surface area contributed by atoms with Crippen LogP contribution in [0, 0.1) is 13.8 Å². The smallest absolute Gasteiger partial charge is 0.226 e. The maximum atomic E-state index is 12.2. The number of carbonyl (C=O) groups is 1. The Kier molecular flexibility index (Phi) is 6.94. The number of thiazole rings is 1. The number of carbonyl (C=O) groups excluding carboxylic acids is 1. The quantitative estimate of drug-likeness (QED) is 0.429. The van der Waals surface area contributed by atoms with Crippen LogP contribution in [0.1, 0.15) is 23.3 Å². The molecular weight excluding hydrogens is 415 g/mol. The Morgan fingerprint density at radius 3 is 2.61 bits per heavy atom. The van der Waals surface area contributed by atoms with Gasteiger partial charge in [-0.05, 0) is 38.5 Å². The minimum absolute atomic E-state index is 0.0880. The summed E-state index contributed by atoms with van der Waals surface area (Å²) in [6.45, 7) is 4.44. The van der Waals surface area contributed by atoms with E-state index in [1.807, 2.05) is 26.0 Å². The standard InChI is InChI=1S/C21H20Cl2N2O2S/c1-13-5-7-15(8-6-13)20-14(2)28-21(25-20)24-19(26)4-3-11-27-18-10-9-16(22)12-17(18)23/h5-10,12H,3-4,11H2,1-2H3,(H,24,25,26). The number of halogens is 2. The van der Waals surface area contributed by atoms with E-state index in [4.69, 9.17) is 27.9 Å². The van der Waals surface area contributed by atoms with Crippen molar-refractivity contribution in [2.24, 2.45) is 0 Å². The van der Waals surface area contributed by atoms with Gasteiger partial charge in [0.25, 0.3) is 0 Å². The van der Waals surface area contributed by atoms with Crippen molar-refractivity contribution < 1.29 is 9.53 Å². The highest BCUT2D eigenvalue weighted by molar-refractivity contribution is 7.16. The summed E-state index contributed by atoms with van der Waals surface area (Å²) in [7, 11) is 0. The molecule has 0 atom stereocenters. The number of hydrogen-bond donors (Lipinski definition) is 1. The van der Waals surface area contributed by atoms with Crippen LogP contribution in [0.5, 0.6) is 5.75 Å². The molecule has 0 fully saturated rings. The van der Waals surface area contributed by atoms with Crippen LogP contribution in [0.3, 0.4) is 0 Å². The van der Waals surface area contributed by atoms with E-state index in [2.05, 4.69) is 22.4 Å². The molecule has 7 heteroatoms. The first-order valence-electron chi connectivity index (χ1n) is 8.84. The minimum Gasteiger partial charge on any atom is -0.492 e. The molecule has 0 unspecified atom stereocenters. The van der Waals surface area contributed by atoms with E-state index in [0.29, 0.717) is 40.4 Å². The van der Waals surface area contributed by atoms with Crippen molar-refractivity contribution in [3.05, 3.63) is 63.0 Å². The molecule has 4 nitrogen and oxygen atoms in total. The van der Waals surface area contributed by atoms with Crippen LogP contribution >= 0.6 is 34.5 Å². The first-order chi connectivity index (χ1) is 13.4. The number of rotatable bonds is 7. The van der Waals surface area contributed by atoms with Gasteiger partial charge >= 0.3 is 0 Å². The highest BCUT2D eigenvalue weighted by Gasteiger charge is 2.12. The van der Waals surface area contributed by atoms with E-state index >= 15 is 0 Å². The number of ether oxygens (including phenoxy) is 1. The fraction of sp³-hybridized carbons (Fsp3) is 0.238. The highest BCUT2D eigenvalue weighted by Crippen LogP contribution is 2.31. The maximum Gasteiger partial charge on any atom is 0.226 e. The van der Waals surface area contributed by atoms with E-state index in [0.717, 1.165) is 16.1 Å². The Morgan fingerprint density at radius 2 is 1.89 bits per heavy atom. The normalized spacial score (nSPS) is 10.7. The third kappa shape index (κ3) is 5.47. The molecule has 1 amide bonds. The summed E-state index contributed by atoms with van der Waals surface area (Å²) in [5.74, 6) is 0.472. The molecule has 146 valence electrons. The number of amides is 1. The third-order valence-electron chi connectivity index (χ3n) is 4.07. The zero-order valence-electron chi connectivity index (χ0n) is 15.6. The van der Waals surface area contributed by atoms with Crippen molar-refractivity contribution in [1.29, 1.82) is 0 Å². The van der Waals surface area contributed by atoms with E-state index < -0.39 is 0 Å².